The zero-order chi connectivity index (χ0) is 15.6. The molecule has 6 heteroatoms. The first-order valence-electron chi connectivity index (χ1n) is 6.65. The summed E-state index contributed by atoms with van der Waals surface area (Å²) < 4.78 is 13.2. The van der Waals surface area contributed by atoms with Gasteiger partial charge in [-0.05, 0) is 37.0 Å². The van der Waals surface area contributed by atoms with Gasteiger partial charge in [-0.15, -0.1) is 0 Å². The Morgan fingerprint density at radius 3 is 2.67 bits per heavy atom. The van der Waals surface area contributed by atoms with E-state index in [-0.39, 0.29) is 11.5 Å². The number of carboxylic acid groups (broad SMARTS) is 1. The second-order valence-corrected chi connectivity index (χ2v) is 5.42. The standard InChI is InChI=1S/C15H15FN2O3/c1-8-4-11(12(5-8)15(20)21)14(19)18-10-2-3-13(16)9(6-10)7-17/h2-3,6,8,11-12H,4-5H2,1H3,(H,18,19)(H,20,21)/t8?,11-,12+/m0/s1. The topological polar surface area (TPSA) is 90.2 Å². The fourth-order valence-corrected chi connectivity index (χ4v) is 2.78. The first-order chi connectivity index (χ1) is 9.92. The molecule has 0 aromatic heterocycles. The van der Waals surface area contributed by atoms with E-state index in [0.29, 0.717) is 18.5 Å². The summed E-state index contributed by atoms with van der Waals surface area (Å²) in [6.07, 6.45) is 0.982. The van der Waals surface area contributed by atoms with Crippen molar-refractivity contribution in [3.05, 3.63) is 29.6 Å². The number of hydrogen-bond acceptors (Lipinski definition) is 3. The van der Waals surface area contributed by atoms with Gasteiger partial charge in [0.2, 0.25) is 5.91 Å². The van der Waals surface area contributed by atoms with Gasteiger partial charge >= 0.3 is 5.97 Å². The normalized spacial score (nSPS) is 24.3. The van der Waals surface area contributed by atoms with E-state index in [9.17, 15) is 14.0 Å². The number of hydrogen-bond donors (Lipinski definition) is 2. The van der Waals surface area contributed by atoms with Gasteiger partial charge in [0.05, 0.1) is 17.4 Å². The fourth-order valence-electron chi connectivity index (χ4n) is 2.78. The quantitative estimate of drug-likeness (QED) is 0.894. The molecule has 0 heterocycles. The lowest BCUT2D eigenvalue weighted by molar-refractivity contribution is -0.145. The molecule has 1 amide bonds. The van der Waals surface area contributed by atoms with Crippen molar-refractivity contribution in [2.75, 3.05) is 5.32 Å². The Balaban J connectivity index is 2.14. The van der Waals surface area contributed by atoms with Gasteiger partial charge < -0.3 is 10.4 Å². The average molecular weight is 290 g/mol. The molecule has 0 radical (unpaired) electrons. The number of nitriles is 1. The summed E-state index contributed by atoms with van der Waals surface area (Å²) in [4.78, 5) is 23.4. The number of carbonyl (C=O) groups is 2. The maximum atomic E-state index is 13.2. The molecular weight excluding hydrogens is 275 g/mol. The van der Waals surface area contributed by atoms with Crippen LogP contribution in [-0.4, -0.2) is 17.0 Å². The van der Waals surface area contributed by atoms with Crippen LogP contribution in [0.25, 0.3) is 0 Å². The Hall–Kier alpha value is -2.42. The lowest BCUT2D eigenvalue weighted by atomic mass is 9.95. The number of carboxylic acids is 1. The first-order valence-corrected chi connectivity index (χ1v) is 6.65. The second-order valence-electron chi connectivity index (χ2n) is 5.42. The fraction of sp³-hybridized carbons (Fsp3) is 0.400. The van der Waals surface area contributed by atoms with Crippen molar-refractivity contribution < 1.29 is 19.1 Å². The molecule has 3 atom stereocenters. The zero-order valence-electron chi connectivity index (χ0n) is 11.5. The highest BCUT2D eigenvalue weighted by molar-refractivity contribution is 5.95. The van der Waals surface area contributed by atoms with Crippen molar-refractivity contribution in [3.8, 4) is 6.07 Å². The third-order valence-electron chi connectivity index (χ3n) is 3.81. The number of amides is 1. The molecule has 110 valence electrons. The Bertz CT molecular complexity index is 624. The Morgan fingerprint density at radius 2 is 2.05 bits per heavy atom. The average Bonchev–Trinajstić information content (AvgIpc) is 2.83. The van der Waals surface area contributed by atoms with E-state index in [0.717, 1.165) is 6.07 Å². The van der Waals surface area contributed by atoms with E-state index in [4.69, 9.17) is 10.4 Å². The Morgan fingerprint density at radius 1 is 1.38 bits per heavy atom. The van der Waals surface area contributed by atoms with Crippen LogP contribution in [0.1, 0.15) is 25.3 Å². The molecule has 0 aliphatic heterocycles. The Labute approximate surface area is 121 Å². The molecule has 5 nitrogen and oxygen atoms in total. The van der Waals surface area contributed by atoms with Gasteiger partial charge in [-0.3, -0.25) is 9.59 Å². The molecule has 1 saturated carbocycles. The van der Waals surface area contributed by atoms with Crippen LogP contribution in [0.5, 0.6) is 0 Å². The monoisotopic (exact) mass is 290 g/mol. The third-order valence-corrected chi connectivity index (χ3v) is 3.81. The second kappa shape index (κ2) is 5.92. The van der Waals surface area contributed by atoms with Crippen LogP contribution >= 0.6 is 0 Å². The maximum Gasteiger partial charge on any atom is 0.307 e. The number of carbonyl (C=O) groups excluding carboxylic acids is 1. The van der Waals surface area contributed by atoms with Crippen LogP contribution in [0.4, 0.5) is 10.1 Å². The van der Waals surface area contributed by atoms with Gasteiger partial charge in [0.1, 0.15) is 11.9 Å². The van der Waals surface area contributed by atoms with Crippen LogP contribution in [-0.2, 0) is 9.59 Å². The summed E-state index contributed by atoms with van der Waals surface area (Å²) in [7, 11) is 0. The molecule has 1 aliphatic rings. The molecule has 1 aromatic carbocycles. The SMILES string of the molecule is CC1C[C@H](C(=O)Nc2ccc(F)c(C#N)c2)[C@H](C(=O)O)C1. The number of benzene rings is 1. The number of halogens is 1. The van der Waals surface area contributed by atoms with Gasteiger partial charge in [-0.25, -0.2) is 4.39 Å². The molecule has 21 heavy (non-hydrogen) atoms. The van der Waals surface area contributed by atoms with E-state index in [2.05, 4.69) is 5.32 Å². The van der Waals surface area contributed by atoms with Crippen molar-refractivity contribution in [1.29, 1.82) is 5.26 Å². The molecular formula is C15H15FN2O3. The van der Waals surface area contributed by atoms with Crippen LogP contribution in [0.2, 0.25) is 0 Å². The summed E-state index contributed by atoms with van der Waals surface area (Å²) >= 11 is 0. The van der Waals surface area contributed by atoms with E-state index in [1.54, 1.807) is 6.07 Å². The highest BCUT2D eigenvalue weighted by atomic mass is 19.1. The van der Waals surface area contributed by atoms with Crippen LogP contribution in [0.3, 0.4) is 0 Å². The molecule has 1 aromatic rings. The molecule has 1 fully saturated rings. The summed E-state index contributed by atoms with van der Waals surface area (Å²) in [5, 5.41) is 20.5. The predicted octanol–water partition coefficient (Wildman–Crippen LogP) is 2.38. The van der Waals surface area contributed by atoms with Crippen molar-refractivity contribution in [2.45, 2.75) is 19.8 Å². The molecule has 1 aliphatic carbocycles. The van der Waals surface area contributed by atoms with Crippen molar-refractivity contribution in [2.24, 2.45) is 17.8 Å². The molecule has 0 bridgehead atoms. The number of nitrogens with one attached hydrogen (secondary N) is 1. The molecule has 0 saturated heterocycles. The minimum atomic E-state index is -0.976. The lowest BCUT2D eigenvalue weighted by Gasteiger charge is -2.15. The van der Waals surface area contributed by atoms with Gasteiger partial charge in [0, 0.05) is 5.69 Å². The van der Waals surface area contributed by atoms with E-state index < -0.39 is 29.5 Å². The number of aliphatic carboxylic acids is 1. The predicted molar refractivity (Wildman–Crippen MR) is 72.8 cm³/mol. The highest BCUT2D eigenvalue weighted by Crippen LogP contribution is 2.37. The largest absolute Gasteiger partial charge is 0.481 e. The summed E-state index contributed by atoms with van der Waals surface area (Å²) in [6.45, 7) is 1.91. The summed E-state index contributed by atoms with van der Waals surface area (Å²) in [5.41, 5.74) is 0.129. The minimum Gasteiger partial charge on any atom is -0.481 e. The summed E-state index contributed by atoms with van der Waals surface area (Å²) in [5.74, 6) is -3.17. The van der Waals surface area contributed by atoms with Gasteiger partial charge in [-0.1, -0.05) is 6.92 Å². The van der Waals surface area contributed by atoms with Crippen LogP contribution in [0, 0.1) is 34.9 Å². The number of anilines is 1. The van der Waals surface area contributed by atoms with Crippen LogP contribution < -0.4 is 5.32 Å². The minimum absolute atomic E-state index is 0.164. The maximum absolute atomic E-state index is 13.2. The molecule has 2 rings (SSSR count). The van der Waals surface area contributed by atoms with Gasteiger partial charge in [0.15, 0.2) is 0 Å². The van der Waals surface area contributed by atoms with Gasteiger partial charge in [-0.2, -0.15) is 5.26 Å². The summed E-state index contributed by atoms with van der Waals surface area (Å²) in [6, 6.07) is 5.38. The third kappa shape index (κ3) is 3.19. The lowest BCUT2D eigenvalue weighted by Crippen LogP contribution is -2.30. The Kier molecular flexibility index (Phi) is 4.22. The van der Waals surface area contributed by atoms with E-state index in [1.165, 1.54) is 12.1 Å². The van der Waals surface area contributed by atoms with E-state index in [1.807, 2.05) is 6.92 Å². The van der Waals surface area contributed by atoms with Crippen molar-refractivity contribution in [3.63, 3.8) is 0 Å². The van der Waals surface area contributed by atoms with Gasteiger partial charge in [0.25, 0.3) is 0 Å². The van der Waals surface area contributed by atoms with E-state index >= 15 is 0 Å². The number of nitrogens with zero attached hydrogens (tertiary/aromatic N) is 1. The first kappa shape index (κ1) is 15.0. The van der Waals surface area contributed by atoms with Crippen molar-refractivity contribution in [1.82, 2.24) is 0 Å². The number of rotatable bonds is 3. The smallest absolute Gasteiger partial charge is 0.307 e. The molecule has 0 spiro atoms. The van der Waals surface area contributed by atoms with Crippen LogP contribution in [0.15, 0.2) is 18.2 Å². The highest BCUT2D eigenvalue weighted by Gasteiger charge is 2.41. The van der Waals surface area contributed by atoms with Crippen molar-refractivity contribution >= 4 is 17.6 Å². The molecule has 2 N–H and O–H groups in total. The zero-order valence-corrected chi connectivity index (χ0v) is 11.5. The molecule has 1 unspecified atom stereocenters.